The number of benzene rings is 2. The van der Waals surface area contributed by atoms with E-state index in [1.54, 1.807) is 16.7 Å². The summed E-state index contributed by atoms with van der Waals surface area (Å²) in [6, 6.07) is 12.9. The third kappa shape index (κ3) is 5.05. The van der Waals surface area contributed by atoms with Crippen molar-refractivity contribution in [1.29, 1.82) is 0 Å². The zero-order chi connectivity index (χ0) is 25.2. The van der Waals surface area contributed by atoms with Gasteiger partial charge in [-0.25, -0.2) is 4.68 Å². The van der Waals surface area contributed by atoms with Gasteiger partial charge in [0.05, 0.1) is 18.7 Å². The van der Waals surface area contributed by atoms with Crippen LogP contribution >= 0.6 is 0 Å². The second-order valence-corrected chi connectivity index (χ2v) is 9.87. The predicted molar refractivity (Wildman–Crippen MR) is 135 cm³/mol. The Bertz CT molecular complexity index is 1240. The fourth-order valence-corrected chi connectivity index (χ4v) is 5.31. The van der Waals surface area contributed by atoms with Crippen molar-refractivity contribution in [3.63, 3.8) is 0 Å². The van der Waals surface area contributed by atoms with E-state index < -0.39 is 6.04 Å². The van der Waals surface area contributed by atoms with E-state index in [0.29, 0.717) is 32.5 Å². The highest BCUT2D eigenvalue weighted by Gasteiger charge is 2.42. The molecular weight excluding hydrogens is 458 g/mol. The number of hydrogen-bond acceptors (Lipinski definition) is 7. The van der Waals surface area contributed by atoms with Crippen LogP contribution in [0.15, 0.2) is 42.5 Å². The Kier molecular flexibility index (Phi) is 6.88. The van der Waals surface area contributed by atoms with Crippen LogP contribution in [-0.2, 0) is 29.6 Å². The number of rotatable bonds is 7. The normalized spacial score (nSPS) is 23.8. The predicted octanol–water partition coefficient (Wildman–Crippen LogP) is 0.742. The molecule has 4 atom stereocenters. The van der Waals surface area contributed by atoms with Crippen molar-refractivity contribution in [2.75, 3.05) is 20.2 Å². The number of methoxy groups -OCH3 is 1. The van der Waals surface area contributed by atoms with E-state index in [2.05, 4.69) is 20.9 Å². The van der Waals surface area contributed by atoms with E-state index >= 15 is 0 Å². The number of carbonyl (C=O) groups is 2. The zero-order valence-corrected chi connectivity index (χ0v) is 20.7. The molecule has 0 bridgehead atoms. The number of fused-ring (bicyclic) bond motifs is 1. The van der Waals surface area contributed by atoms with Gasteiger partial charge in [-0.2, -0.15) is 0 Å². The van der Waals surface area contributed by atoms with Crippen LogP contribution in [0.1, 0.15) is 24.0 Å². The molecule has 5 rings (SSSR count). The summed E-state index contributed by atoms with van der Waals surface area (Å²) >= 11 is 0. The van der Waals surface area contributed by atoms with Gasteiger partial charge in [0.25, 0.3) is 0 Å². The van der Waals surface area contributed by atoms with Gasteiger partial charge in [-0.1, -0.05) is 23.4 Å². The monoisotopic (exact) mass is 491 g/mol. The van der Waals surface area contributed by atoms with E-state index in [9.17, 15) is 9.59 Å². The number of aryl methyl sites for hydroxylation is 1. The van der Waals surface area contributed by atoms with Crippen molar-refractivity contribution < 1.29 is 14.3 Å². The van der Waals surface area contributed by atoms with Crippen molar-refractivity contribution in [3.05, 3.63) is 53.6 Å². The fourth-order valence-electron chi connectivity index (χ4n) is 5.31. The van der Waals surface area contributed by atoms with Crippen LogP contribution in [0.5, 0.6) is 5.75 Å². The van der Waals surface area contributed by atoms with Crippen LogP contribution in [0.3, 0.4) is 0 Å². The van der Waals surface area contributed by atoms with Crippen molar-refractivity contribution in [1.82, 2.24) is 30.5 Å². The maximum absolute atomic E-state index is 13.4. The number of ether oxygens (including phenoxy) is 1. The lowest BCUT2D eigenvalue weighted by molar-refractivity contribution is -0.139. The standard InChI is InChI=1S/C26H33N7O3/c1-32-23-8-5-17(10-21(23)30-31-32)13-29-25(34)24-11-18(9-16-3-6-20(36-2)7-4-16)15-33(24)26(35)22-12-19(27)14-28-22/h3-8,10,18-19,22,24,28H,9,11-15,27H2,1-2H3,(H,29,34)/t18-,19?,22-,24+/m1/s1. The largest absolute Gasteiger partial charge is 0.497 e. The minimum atomic E-state index is -0.514. The summed E-state index contributed by atoms with van der Waals surface area (Å²) in [4.78, 5) is 28.5. The fraction of sp³-hybridized carbons (Fsp3) is 0.462. The quantitative estimate of drug-likeness (QED) is 0.445. The second-order valence-electron chi connectivity index (χ2n) is 9.87. The summed E-state index contributed by atoms with van der Waals surface area (Å²) in [5.41, 5.74) is 9.84. The summed E-state index contributed by atoms with van der Waals surface area (Å²) in [5, 5.41) is 14.5. The average molecular weight is 492 g/mol. The third-order valence-electron chi connectivity index (χ3n) is 7.26. The molecule has 0 spiro atoms. The molecule has 3 aromatic rings. The molecule has 190 valence electrons. The maximum Gasteiger partial charge on any atom is 0.243 e. The number of carbonyl (C=O) groups excluding carboxylic acids is 2. The zero-order valence-electron chi connectivity index (χ0n) is 20.7. The third-order valence-corrected chi connectivity index (χ3v) is 7.26. The molecule has 2 aliphatic rings. The van der Waals surface area contributed by atoms with Gasteiger partial charge in [0.15, 0.2) is 0 Å². The molecule has 10 heteroatoms. The van der Waals surface area contributed by atoms with Gasteiger partial charge in [-0.05, 0) is 60.6 Å². The number of nitrogens with two attached hydrogens (primary N) is 1. The molecule has 4 N–H and O–H groups in total. The van der Waals surface area contributed by atoms with Crippen molar-refractivity contribution in [3.8, 4) is 5.75 Å². The van der Waals surface area contributed by atoms with Gasteiger partial charge in [-0.3, -0.25) is 9.59 Å². The maximum atomic E-state index is 13.4. The highest BCUT2D eigenvalue weighted by atomic mass is 16.5. The van der Waals surface area contributed by atoms with Crippen molar-refractivity contribution in [2.24, 2.45) is 18.7 Å². The van der Waals surface area contributed by atoms with E-state index in [0.717, 1.165) is 34.3 Å². The van der Waals surface area contributed by atoms with Crippen LogP contribution in [0.25, 0.3) is 11.0 Å². The van der Waals surface area contributed by atoms with Crippen LogP contribution in [-0.4, -0.2) is 70.0 Å². The van der Waals surface area contributed by atoms with E-state index in [1.807, 2.05) is 49.5 Å². The van der Waals surface area contributed by atoms with Gasteiger partial charge in [0.1, 0.15) is 17.3 Å². The highest BCUT2D eigenvalue weighted by molar-refractivity contribution is 5.90. The summed E-state index contributed by atoms with van der Waals surface area (Å²) in [7, 11) is 3.49. The molecule has 1 unspecified atom stereocenters. The smallest absolute Gasteiger partial charge is 0.243 e. The Labute approximate surface area is 210 Å². The summed E-state index contributed by atoms with van der Waals surface area (Å²) in [6.45, 7) is 1.52. The SMILES string of the molecule is COc1ccc(C[C@@H]2C[C@@H](C(=O)NCc3ccc4c(c3)nnn4C)N(C(=O)[C@H]3CC(N)CN3)C2)cc1. The molecule has 36 heavy (non-hydrogen) atoms. The number of nitrogens with zero attached hydrogens (tertiary/aromatic N) is 4. The van der Waals surface area contributed by atoms with E-state index in [-0.39, 0.29) is 29.8 Å². The molecule has 2 aromatic carbocycles. The number of nitrogens with one attached hydrogen (secondary N) is 2. The molecule has 2 saturated heterocycles. The van der Waals surface area contributed by atoms with Crippen LogP contribution in [0.2, 0.25) is 0 Å². The van der Waals surface area contributed by atoms with Gasteiger partial charge in [0.2, 0.25) is 11.8 Å². The van der Waals surface area contributed by atoms with Gasteiger partial charge < -0.3 is 26.0 Å². The Morgan fingerprint density at radius 2 is 1.94 bits per heavy atom. The molecule has 10 nitrogen and oxygen atoms in total. The lowest BCUT2D eigenvalue weighted by Crippen LogP contribution is -2.51. The van der Waals surface area contributed by atoms with Crippen LogP contribution < -0.4 is 21.1 Å². The topological polar surface area (TPSA) is 127 Å². The molecule has 0 radical (unpaired) electrons. The molecule has 2 aliphatic heterocycles. The molecule has 0 saturated carbocycles. The molecule has 0 aliphatic carbocycles. The lowest BCUT2D eigenvalue weighted by Gasteiger charge is -2.26. The summed E-state index contributed by atoms with van der Waals surface area (Å²) < 4.78 is 6.97. The minimum Gasteiger partial charge on any atom is -0.497 e. The lowest BCUT2D eigenvalue weighted by atomic mass is 9.96. The number of amides is 2. The Balaban J connectivity index is 1.28. The van der Waals surface area contributed by atoms with Crippen molar-refractivity contribution >= 4 is 22.8 Å². The van der Waals surface area contributed by atoms with E-state index in [4.69, 9.17) is 10.5 Å². The van der Waals surface area contributed by atoms with E-state index in [1.165, 1.54) is 0 Å². The van der Waals surface area contributed by atoms with Gasteiger partial charge in [-0.15, -0.1) is 5.10 Å². The van der Waals surface area contributed by atoms with Crippen molar-refractivity contribution in [2.45, 2.75) is 43.9 Å². The first-order chi connectivity index (χ1) is 17.4. The molecule has 2 amide bonds. The van der Waals surface area contributed by atoms with Gasteiger partial charge >= 0.3 is 0 Å². The number of hydrogen-bond donors (Lipinski definition) is 3. The van der Waals surface area contributed by atoms with Crippen LogP contribution in [0, 0.1) is 5.92 Å². The summed E-state index contributed by atoms with van der Waals surface area (Å²) in [6.07, 6.45) is 2.00. The minimum absolute atomic E-state index is 0.0405. The molecular formula is C26H33N7O3. The first-order valence-electron chi connectivity index (χ1n) is 12.4. The Morgan fingerprint density at radius 1 is 1.17 bits per heavy atom. The van der Waals surface area contributed by atoms with Gasteiger partial charge in [0, 0.05) is 32.7 Å². The first kappa shape index (κ1) is 24.2. The molecule has 3 heterocycles. The molecule has 2 fully saturated rings. The average Bonchev–Trinajstić information content (AvgIpc) is 3.61. The Morgan fingerprint density at radius 3 is 2.67 bits per heavy atom. The highest BCUT2D eigenvalue weighted by Crippen LogP contribution is 2.29. The summed E-state index contributed by atoms with van der Waals surface area (Å²) in [5.74, 6) is 0.815. The Hall–Kier alpha value is -3.50. The second kappa shape index (κ2) is 10.2. The van der Waals surface area contributed by atoms with Crippen LogP contribution in [0.4, 0.5) is 0 Å². The number of aromatic nitrogens is 3. The number of likely N-dealkylation sites (tertiary alicyclic amines) is 1. The molecule has 1 aromatic heterocycles. The first-order valence-corrected chi connectivity index (χ1v) is 12.4.